The van der Waals surface area contributed by atoms with E-state index in [0.717, 1.165) is 26.6 Å². The summed E-state index contributed by atoms with van der Waals surface area (Å²) in [7, 11) is 0. The molecule has 0 aliphatic rings. The zero-order chi connectivity index (χ0) is 15.6. The molecular formula is C16H15Br2ClFN. The molecule has 0 heterocycles. The fourth-order valence-corrected chi connectivity index (χ4v) is 3.84. The Morgan fingerprint density at radius 2 is 1.76 bits per heavy atom. The summed E-state index contributed by atoms with van der Waals surface area (Å²) in [6, 6.07) is 9.14. The highest BCUT2D eigenvalue weighted by Gasteiger charge is 2.18. The maximum atomic E-state index is 13.6. The molecule has 0 amide bonds. The topological polar surface area (TPSA) is 12.0 Å². The van der Waals surface area contributed by atoms with E-state index in [1.165, 1.54) is 6.07 Å². The minimum Gasteiger partial charge on any atom is -0.306 e. The van der Waals surface area contributed by atoms with E-state index in [0.29, 0.717) is 10.6 Å². The number of hydrogen-bond donors (Lipinski definition) is 1. The van der Waals surface area contributed by atoms with Crippen molar-refractivity contribution >= 4 is 43.5 Å². The molecule has 0 bridgehead atoms. The minimum atomic E-state index is -0.283. The van der Waals surface area contributed by atoms with Crippen molar-refractivity contribution in [1.29, 1.82) is 0 Å². The molecule has 0 spiro atoms. The first-order valence-corrected chi connectivity index (χ1v) is 8.53. The summed E-state index contributed by atoms with van der Waals surface area (Å²) in [5, 5.41) is 3.84. The first-order chi connectivity index (χ1) is 9.92. The van der Waals surface area contributed by atoms with Gasteiger partial charge in [-0.15, -0.1) is 0 Å². The van der Waals surface area contributed by atoms with E-state index in [4.69, 9.17) is 11.6 Å². The van der Waals surface area contributed by atoms with Gasteiger partial charge in [-0.1, -0.05) is 50.4 Å². The Morgan fingerprint density at radius 3 is 2.33 bits per heavy atom. The molecule has 0 radical (unpaired) electrons. The third-order valence-electron chi connectivity index (χ3n) is 3.22. The number of nitrogens with one attached hydrogen (secondary N) is 1. The fraction of sp³-hybridized carbons (Fsp3) is 0.250. The van der Waals surface area contributed by atoms with Gasteiger partial charge in [0.2, 0.25) is 0 Å². The number of halogens is 4. The standard InChI is InChI=1S/C16H15Br2ClFN/c1-3-21-16(10-5-11(17)7-12(18)6-10)13-4-9(2)15(20)8-14(13)19/h4-8,16,21H,3H2,1-2H3. The first-order valence-electron chi connectivity index (χ1n) is 6.57. The number of benzene rings is 2. The molecule has 1 nitrogen and oxygen atoms in total. The summed E-state index contributed by atoms with van der Waals surface area (Å²) in [6.07, 6.45) is 0. The SMILES string of the molecule is CCNC(c1cc(Br)cc(Br)c1)c1cc(C)c(F)cc1Cl. The molecule has 112 valence electrons. The van der Waals surface area contributed by atoms with E-state index in [9.17, 15) is 4.39 Å². The van der Waals surface area contributed by atoms with Crippen molar-refractivity contribution in [3.63, 3.8) is 0 Å². The van der Waals surface area contributed by atoms with Crippen LogP contribution in [0.3, 0.4) is 0 Å². The highest BCUT2D eigenvalue weighted by molar-refractivity contribution is 9.11. The first kappa shape index (κ1) is 16.9. The van der Waals surface area contributed by atoms with Crippen LogP contribution in [0.25, 0.3) is 0 Å². The third kappa shape index (κ3) is 4.07. The summed E-state index contributed by atoms with van der Waals surface area (Å²) in [4.78, 5) is 0. The summed E-state index contributed by atoms with van der Waals surface area (Å²) >= 11 is 13.3. The Kier molecular flexibility index (Phi) is 5.83. The van der Waals surface area contributed by atoms with Crippen molar-refractivity contribution in [3.05, 3.63) is 66.8 Å². The van der Waals surface area contributed by atoms with Crippen molar-refractivity contribution in [2.75, 3.05) is 6.54 Å². The van der Waals surface area contributed by atoms with Gasteiger partial charge in [0, 0.05) is 14.0 Å². The lowest BCUT2D eigenvalue weighted by Gasteiger charge is -2.21. The third-order valence-corrected chi connectivity index (χ3v) is 4.46. The lowest BCUT2D eigenvalue weighted by Crippen LogP contribution is -2.22. The van der Waals surface area contributed by atoms with Crippen LogP contribution in [0.15, 0.2) is 39.3 Å². The Bertz CT molecular complexity index is 641. The molecule has 0 aliphatic carbocycles. The Labute approximate surface area is 146 Å². The predicted molar refractivity (Wildman–Crippen MR) is 93.5 cm³/mol. The molecule has 0 aromatic heterocycles. The van der Waals surface area contributed by atoms with E-state index >= 15 is 0 Å². The lowest BCUT2D eigenvalue weighted by atomic mass is 9.97. The fourth-order valence-electron chi connectivity index (χ4n) is 2.25. The van der Waals surface area contributed by atoms with Gasteiger partial charge in [0.15, 0.2) is 0 Å². The monoisotopic (exact) mass is 433 g/mol. The van der Waals surface area contributed by atoms with E-state index in [2.05, 4.69) is 37.2 Å². The smallest absolute Gasteiger partial charge is 0.127 e. The molecule has 1 unspecified atom stereocenters. The van der Waals surface area contributed by atoms with E-state index in [1.807, 2.05) is 25.1 Å². The summed E-state index contributed by atoms with van der Waals surface area (Å²) in [5.74, 6) is -0.283. The second-order valence-electron chi connectivity index (χ2n) is 4.82. The van der Waals surface area contributed by atoms with E-state index in [-0.39, 0.29) is 11.9 Å². The van der Waals surface area contributed by atoms with Gasteiger partial charge in [0.25, 0.3) is 0 Å². The second kappa shape index (κ2) is 7.23. The highest BCUT2D eigenvalue weighted by atomic mass is 79.9. The van der Waals surface area contributed by atoms with Gasteiger partial charge in [-0.05, 0) is 60.5 Å². The van der Waals surface area contributed by atoms with Crippen molar-refractivity contribution in [2.24, 2.45) is 0 Å². The molecule has 21 heavy (non-hydrogen) atoms. The number of aryl methyl sites for hydroxylation is 1. The largest absolute Gasteiger partial charge is 0.306 e. The van der Waals surface area contributed by atoms with Gasteiger partial charge >= 0.3 is 0 Å². The molecule has 0 saturated carbocycles. The molecule has 1 N–H and O–H groups in total. The summed E-state index contributed by atoms with van der Waals surface area (Å²) in [6.45, 7) is 4.56. The predicted octanol–water partition coefficient (Wildman–Crippen LogP) is 6.01. The van der Waals surface area contributed by atoms with Crippen molar-refractivity contribution in [2.45, 2.75) is 19.9 Å². The van der Waals surface area contributed by atoms with Crippen LogP contribution in [0.2, 0.25) is 5.02 Å². The van der Waals surface area contributed by atoms with Crippen molar-refractivity contribution < 1.29 is 4.39 Å². The van der Waals surface area contributed by atoms with Gasteiger partial charge in [-0.2, -0.15) is 0 Å². The summed E-state index contributed by atoms with van der Waals surface area (Å²) in [5.41, 5.74) is 2.53. The zero-order valence-electron chi connectivity index (χ0n) is 11.7. The van der Waals surface area contributed by atoms with Gasteiger partial charge in [-0.25, -0.2) is 4.39 Å². The van der Waals surface area contributed by atoms with Crippen LogP contribution in [0.4, 0.5) is 4.39 Å². The zero-order valence-corrected chi connectivity index (χ0v) is 15.6. The van der Waals surface area contributed by atoms with Gasteiger partial charge in [0.05, 0.1) is 6.04 Å². The van der Waals surface area contributed by atoms with Gasteiger partial charge < -0.3 is 5.32 Å². The van der Waals surface area contributed by atoms with Crippen molar-refractivity contribution in [3.8, 4) is 0 Å². The molecule has 0 fully saturated rings. The Balaban J connectivity index is 2.55. The van der Waals surface area contributed by atoms with Gasteiger partial charge in [0.1, 0.15) is 5.82 Å². The van der Waals surface area contributed by atoms with Crippen LogP contribution in [0.1, 0.15) is 29.7 Å². The Hall–Kier alpha value is -0.420. The maximum absolute atomic E-state index is 13.6. The van der Waals surface area contributed by atoms with Crippen LogP contribution in [0, 0.1) is 12.7 Å². The van der Waals surface area contributed by atoms with Crippen molar-refractivity contribution in [1.82, 2.24) is 5.32 Å². The molecule has 5 heteroatoms. The normalized spacial score (nSPS) is 12.5. The van der Waals surface area contributed by atoms with E-state index in [1.54, 1.807) is 13.0 Å². The molecule has 2 rings (SSSR count). The Morgan fingerprint density at radius 1 is 1.14 bits per heavy atom. The van der Waals surface area contributed by atoms with Crippen LogP contribution in [-0.4, -0.2) is 6.54 Å². The van der Waals surface area contributed by atoms with Crippen LogP contribution in [-0.2, 0) is 0 Å². The lowest BCUT2D eigenvalue weighted by molar-refractivity contribution is 0.606. The quantitative estimate of drug-likeness (QED) is 0.620. The number of rotatable bonds is 4. The van der Waals surface area contributed by atoms with Crippen LogP contribution >= 0.6 is 43.5 Å². The molecule has 2 aromatic rings. The van der Waals surface area contributed by atoms with Crippen LogP contribution < -0.4 is 5.32 Å². The van der Waals surface area contributed by atoms with Gasteiger partial charge in [-0.3, -0.25) is 0 Å². The minimum absolute atomic E-state index is 0.0874. The second-order valence-corrected chi connectivity index (χ2v) is 7.05. The molecule has 0 aliphatic heterocycles. The average Bonchev–Trinajstić information content (AvgIpc) is 2.39. The molecule has 0 saturated heterocycles. The summed E-state index contributed by atoms with van der Waals surface area (Å²) < 4.78 is 15.6. The molecule has 1 atom stereocenters. The molecule has 2 aromatic carbocycles. The van der Waals surface area contributed by atoms with Crippen LogP contribution in [0.5, 0.6) is 0 Å². The molecular weight excluding hydrogens is 420 g/mol. The number of hydrogen-bond acceptors (Lipinski definition) is 1. The highest BCUT2D eigenvalue weighted by Crippen LogP contribution is 2.33. The average molecular weight is 436 g/mol. The maximum Gasteiger partial charge on any atom is 0.127 e. The van der Waals surface area contributed by atoms with E-state index < -0.39 is 0 Å².